The molecule has 0 saturated heterocycles. The van der Waals surface area contributed by atoms with Gasteiger partial charge in [-0.15, -0.1) is 0 Å². The predicted octanol–water partition coefficient (Wildman–Crippen LogP) is 3.52. The SMILES string of the molecule is Cc1ccc(CCC(=O)NC(C#N)C2CCCCC2)cc1. The molecule has 1 saturated carbocycles. The third-order valence-corrected chi connectivity index (χ3v) is 4.34. The minimum Gasteiger partial charge on any atom is -0.340 e. The van der Waals surface area contributed by atoms with Gasteiger partial charge in [0.2, 0.25) is 5.91 Å². The second-order valence-corrected chi connectivity index (χ2v) is 6.06. The van der Waals surface area contributed by atoms with Gasteiger partial charge in [0.25, 0.3) is 0 Å². The van der Waals surface area contributed by atoms with Crippen LogP contribution in [0.2, 0.25) is 0 Å². The van der Waals surface area contributed by atoms with Crippen LogP contribution < -0.4 is 5.32 Å². The van der Waals surface area contributed by atoms with Crippen molar-refractivity contribution in [2.75, 3.05) is 0 Å². The van der Waals surface area contributed by atoms with Crippen molar-refractivity contribution in [3.63, 3.8) is 0 Å². The van der Waals surface area contributed by atoms with Gasteiger partial charge in [-0.2, -0.15) is 5.26 Å². The highest BCUT2D eigenvalue weighted by Gasteiger charge is 2.24. The molecule has 2 rings (SSSR count). The molecule has 1 aliphatic rings. The van der Waals surface area contributed by atoms with Gasteiger partial charge < -0.3 is 5.32 Å². The molecule has 0 heterocycles. The third kappa shape index (κ3) is 4.90. The standard InChI is InChI=1S/C18H24N2O/c1-14-7-9-15(10-8-14)11-12-18(21)20-17(13-19)16-5-3-2-4-6-16/h7-10,16-17H,2-6,11-12H2,1H3,(H,20,21). The number of hydrogen-bond donors (Lipinski definition) is 1. The zero-order valence-corrected chi connectivity index (χ0v) is 12.8. The summed E-state index contributed by atoms with van der Waals surface area (Å²) in [6.07, 6.45) is 6.94. The second kappa shape index (κ2) is 7.83. The van der Waals surface area contributed by atoms with Gasteiger partial charge in [0, 0.05) is 6.42 Å². The molecule has 0 aromatic heterocycles. The molecule has 1 atom stereocenters. The van der Waals surface area contributed by atoms with E-state index in [2.05, 4.69) is 42.6 Å². The Morgan fingerprint density at radius 2 is 1.95 bits per heavy atom. The van der Waals surface area contributed by atoms with Crippen molar-refractivity contribution < 1.29 is 4.79 Å². The fraction of sp³-hybridized carbons (Fsp3) is 0.556. The van der Waals surface area contributed by atoms with Gasteiger partial charge in [-0.3, -0.25) is 4.79 Å². The van der Waals surface area contributed by atoms with E-state index >= 15 is 0 Å². The molecule has 1 fully saturated rings. The number of nitrogens with zero attached hydrogens (tertiary/aromatic N) is 1. The number of benzene rings is 1. The van der Waals surface area contributed by atoms with E-state index in [-0.39, 0.29) is 11.9 Å². The first-order valence-corrected chi connectivity index (χ1v) is 7.93. The first-order valence-electron chi connectivity index (χ1n) is 7.93. The normalized spacial score (nSPS) is 17.0. The summed E-state index contributed by atoms with van der Waals surface area (Å²) in [5, 5.41) is 12.2. The van der Waals surface area contributed by atoms with E-state index in [0.717, 1.165) is 19.3 Å². The van der Waals surface area contributed by atoms with Crippen molar-refractivity contribution in [2.24, 2.45) is 5.92 Å². The monoisotopic (exact) mass is 284 g/mol. The molecule has 1 unspecified atom stereocenters. The van der Waals surface area contributed by atoms with Crippen molar-refractivity contribution in [2.45, 2.75) is 57.9 Å². The Morgan fingerprint density at radius 1 is 1.29 bits per heavy atom. The van der Waals surface area contributed by atoms with E-state index in [9.17, 15) is 10.1 Å². The van der Waals surface area contributed by atoms with E-state index in [0.29, 0.717) is 12.3 Å². The molecule has 1 aromatic rings. The summed E-state index contributed by atoms with van der Waals surface area (Å²) in [5.41, 5.74) is 2.40. The fourth-order valence-electron chi connectivity index (χ4n) is 2.98. The Labute approximate surface area is 127 Å². The minimum atomic E-state index is -0.309. The molecule has 0 radical (unpaired) electrons. The zero-order valence-electron chi connectivity index (χ0n) is 12.8. The van der Waals surface area contributed by atoms with Crippen LogP contribution in [0, 0.1) is 24.2 Å². The summed E-state index contributed by atoms with van der Waals surface area (Å²) in [7, 11) is 0. The number of nitriles is 1. The van der Waals surface area contributed by atoms with Gasteiger partial charge >= 0.3 is 0 Å². The highest BCUT2D eigenvalue weighted by molar-refractivity contribution is 5.76. The fourth-order valence-corrected chi connectivity index (χ4v) is 2.98. The Balaban J connectivity index is 1.79. The van der Waals surface area contributed by atoms with Gasteiger partial charge in [-0.05, 0) is 37.7 Å². The van der Waals surface area contributed by atoms with Crippen LogP contribution in [0.4, 0.5) is 0 Å². The molecule has 0 bridgehead atoms. The Hall–Kier alpha value is -1.82. The third-order valence-electron chi connectivity index (χ3n) is 4.34. The lowest BCUT2D eigenvalue weighted by atomic mass is 9.84. The summed E-state index contributed by atoms with van der Waals surface area (Å²) >= 11 is 0. The van der Waals surface area contributed by atoms with Crippen LogP contribution in [-0.4, -0.2) is 11.9 Å². The maximum absolute atomic E-state index is 12.0. The van der Waals surface area contributed by atoms with Crippen molar-refractivity contribution >= 4 is 5.91 Å². The van der Waals surface area contributed by atoms with Gasteiger partial charge in [-0.25, -0.2) is 0 Å². The molecule has 0 aliphatic heterocycles. The highest BCUT2D eigenvalue weighted by Crippen LogP contribution is 2.26. The molecular formula is C18H24N2O. The van der Waals surface area contributed by atoms with Gasteiger partial charge in [0.15, 0.2) is 0 Å². The number of carbonyl (C=O) groups excluding carboxylic acids is 1. The number of amides is 1. The first-order chi connectivity index (χ1) is 10.2. The molecule has 0 spiro atoms. The molecule has 21 heavy (non-hydrogen) atoms. The largest absolute Gasteiger partial charge is 0.340 e. The number of rotatable bonds is 5. The van der Waals surface area contributed by atoms with Crippen LogP contribution in [0.1, 0.15) is 49.7 Å². The molecule has 3 nitrogen and oxygen atoms in total. The quantitative estimate of drug-likeness (QED) is 0.899. The van der Waals surface area contributed by atoms with Crippen LogP contribution in [0.15, 0.2) is 24.3 Å². The van der Waals surface area contributed by atoms with E-state index in [4.69, 9.17) is 0 Å². The van der Waals surface area contributed by atoms with Crippen LogP contribution in [0.3, 0.4) is 0 Å². The Morgan fingerprint density at radius 3 is 2.57 bits per heavy atom. The van der Waals surface area contributed by atoms with Crippen molar-refractivity contribution in [1.29, 1.82) is 5.26 Å². The van der Waals surface area contributed by atoms with Crippen LogP contribution >= 0.6 is 0 Å². The number of aryl methyl sites for hydroxylation is 2. The van der Waals surface area contributed by atoms with Crippen molar-refractivity contribution in [1.82, 2.24) is 5.32 Å². The summed E-state index contributed by atoms with van der Waals surface area (Å²) in [6, 6.07) is 10.2. The van der Waals surface area contributed by atoms with E-state index in [1.54, 1.807) is 0 Å². The zero-order chi connectivity index (χ0) is 15.1. The molecular weight excluding hydrogens is 260 g/mol. The number of hydrogen-bond acceptors (Lipinski definition) is 2. The maximum Gasteiger partial charge on any atom is 0.221 e. The number of nitrogens with one attached hydrogen (secondary N) is 1. The lowest BCUT2D eigenvalue weighted by Gasteiger charge is -2.26. The van der Waals surface area contributed by atoms with E-state index < -0.39 is 0 Å². The van der Waals surface area contributed by atoms with Gasteiger partial charge in [-0.1, -0.05) is 49.1 Å². The molecule has 112 valence electrons. The van der Waals surface area contributed by atoms with Gasteiger partial charge in [0.1, 0.15) is 6.04 Å². The predicted molar refractivity (Wildman–Crippen MR) is 83.6 cm³/mol. The average molecular weight is 284 g/mol. The molecule has 1 amide bonds. The minimum absolute atomic E-state index is 0.00676. The molecule has 1 N–H and O–H groups in total. The van der Waals surface area contributed by atoms with E-state index in [1.807, 2.05) is 0 Å². The van der Waals surface area contributed by atoms with Gasteiger partial charge in [0.05, 0.1) is 6.07 Å². The molecule has 1 aromatic carbocycles. The van der Waals surface area contributed by atoms with Crippen LogP contribution in [0.25, 0.3) is 0 Å². The highest BCUT2D eigenvalue weighted by atomic mass is 16.1. The summed E-state index contributed by atoms with van der Waals surface area (Å²) in [4.78, 5) is 12.0. The molecule has 1 aliphatic carbocycles. The summed E-state index contributed by atoms with van der Waals surface area (Å²) in [6.45, 7) is 2.05. The maximum atomic E-state index is 12.0. The first kappa shape index (κ1) is 15.6. The smallest absolute Gasteiger partial charge is 0.221 e. The summed E-state index contributed by atoms with van der Waals surface area (Å²) in [5.74, 6) is 0.333. The Kier molecular flexibility index (Phi) is 5.80. The van der Waals surface area contributed by atoms with Crippen molar-refractivity contribution in [3.05, 3.63) is 35.4 Å². The lowest BCUT2D eigenvalue weighted by Crippen LogP contribution is -2.40. The lowest BCUT2D eigenvalue weighted by molar-refractivity contribution is -0.121. The average Bonchev–Trinajstić information content (AvgIpc) is 2.53. The summed E-state index contributed by atoms with van der Waals surface area (Å²) < 4.78 is 0. The number of carbonyl (C=O) groups is 1. The van der Waals surface area contributed by atoms with Crippen LogP contribution in [0.5, 0.6) is 0 Å². The Bertz CT molecular complexity index is 495. The van der Waals surface area contributed by atoms with Crippen LogP contribution in [-0.2, 0) is 11.2 Å². The van der Waals surface area contributed by atoms with E-state index in [1.165, 1.54) is 30.4 Å². The molecule has 3 heteroatoms. The topological polar surface area (TPSA) is 52.9 Å². The van der Waals surface area contributed by atoms with Crippen molar-refractivity contribution in [3.8, 4) is 6.07 Å². The second-order valence-electron chi connectivity index (χ2n) is 6.06.